The first kappa shape index (κ1) is 17.6. The maximum Gasteiger partial charge on any atom is 0.223 e. The SMILES string of the molecule is Cc1nn(C)c(C)c1CCC(=O)N1C[C@@H](c2ccc(F)cc2)C[C@H]1C. The molecule has 1 aromatic heterocycles. The number of amides is 1. The Balaban J connectivity index is 1.63. The zero-order valence-electron chi connectivity index (χ0n) is 15.4. The summed E-state index contributed by atoms with van der Waals surface area (Å²) < 4.78 is 15.0. The monoisotopic (exact) mass is 343 g/mol. The summed E-state index contributed by atoms with van der Waals surface area (Å²) in [6.07, 6.45) is 2.17. The molecule has 2 aromatic rings. The number of hydrogen-bond donors (Lipinski definition) is 0. The van der Waals surface area contributed by atoms with Crippen LogP contribution in [-0.4, -0.2) is 33.2 Å². The van der Waals surface area contributed by atoms with E-state index in [0.29, 0.717) is 12.3 Å². The average Bonchev–Trinajstić information content (AvgIpc) is 3.07. The molecule has 2 atom stereocenters. The fourth-order valence-corrected chi connectivity index (χ4v) is 3.91. The van der Waals surface area contributed by atoms with E-state index in [9.17, 15) is 9.18 Å². The maximum atomic E-state index is 13.1. The van der Waals surface area contributed by atoms with Crippen molar-refractivity contribution in [1.29, 1.82) is 0 Å². The first-order valence-corrected chi connectivity index (χ1v) is 8.90. The summed E-state index contributed by atoms with van der Waals surface area (Å²) in [5.74, 6) is 0.270. The van der Waals surface area contributed by atoms with Gasteiger partial charge in [0.05, 0.1) is 5.69 Å². The third-order valence-electron chi connectivity index (χ3n) is 5.48. The second kappa shape index (κ2) is 6.98. The Labute approximate surface area is 148 Å². The second-order valence-electron chi connectivity index (χ2n) is 7.15. The highest BCUT2D eigenvalue weighted by molar-refractivity contribution is 5.77. The Morgan fingerprint density at radius 1 is 1.28 bits per heavy atom. The number of aromatic nitrogens is 2. The van der Waals surface area contributed by atoms with Crippen molar-refractivity contribution in [1.82, 2.24) is 14.7 Å². The largest absolute Gasteiger partial charge is 0.339 e. The number of hydrogen-bond acceptors (Lipinski definition) is 2. The Morgan fingerprint density at radius 3 is 2.56 bits per heavy atom. The molecule has 1 saturated heterocycles. The van der Waals surface area contributed by atoms with E-state index in [1.165, 1.54) is 17.7 Å². The van der Waals surface area contributed by atoms with Crippen molar-refractivity contribution in [3.63, 3.8) is 0 Å². The fourth-order valence-electron chi connectivity index (χ4n) is 3.91. The molecule has 25 heavy (non-hydrogen) atoms. The van der Waals surface area contributed by atoms with Crippen molar-refractivity contribution < 1.29 is 9.18 Å². The number of aryl methyl sites for hydroxylation is 2. The van der Waals surface area contributed by atoms with Gasteiger partial charge in [0, 0.05) is 37.7 Å². The molecule has 0 N–H and O–H groups in total. The molecule has 3 rings (SSSR count). The first-order valence-electron chi connectivity index (χ1n) is 8.90. The summed E-state index contributed by atoms with van der Waals surface area (Å²) in [7, 11) is 1.93. The highest BCUT2D eigenvalue weighted by atomic mass is 19.1. The topological polar surface area (TPSA) is 38.1 Å². The first-order chi connectivity index (χ1) is 11.9. The number of carbonyl (C=O) groups excluding carboxylic acids is 1. The number of carbonyl (C=O) groups is 1. The molecule has 134 valence electrons. The summed E-state index contributed by atoms with van der Waals surface area (Å²) >= 11 is 0. The third kappa shape index (κ3) is 3.60. The predicted octanol–water partition coefficient (Wildman–Crippen LogP) is 3.51. The number of nitrogens with zero attached hydrogens (tertiary/aromatic N) is 3. The van der Waals surface area contributed by atoms with Gasteiger partial charge in [-0.05, 0) is 56.9 Å². The van der Waals surface area contributed by atoms with Gasteiger partial charge in [0.1, 0.15) is 5.82 Å². The van der Waals surface area contributed by atoms with Gasteiger partial charge >= 0.3 is 0 Å². The Bertz CT molecular complexity index is 766. The van der Waals surface area contributed by atoms with Crippen molar-refractivity contribution in [2.45, 2.75) is 52.0 Å². The van der Waals surface area contributed by atoms with E-state index in [-0.39, 0.29) is 17.8 Å². The van der Waals surface area contributed by atoms with Gasteiger partial charge in [-0.15, -0.1) is 0 Å². The molecule has 0 saturated carbocycles. The zero-order valence-corrected chi connectivity index (χ0v) is 15.4. The van der Waals surface area contributed by atoms with E-state index in [1.807, 2.05) is 42.6 Å². The van der Waals surface area contributed by atoms with Crippen molar-refractivity contribution in [2.24, 2.45) is 7.05 Å². The van der Waals surface area contributed by atoms with Crippen molar-refractivity contribution >= 4 is 5.91 Å². The molecular formula is C20H26FN3O. The van der Waals surface area contributed by atoms with Gasteiger partial charge < -0.3 is 4.90 Å². The normalized spacial score (nSPS) is 20.3. The predicted molar refractivity (Wildman–Crippen MR) is 95.9 cm³/mol. The Hall–Kier alpha value is -2.17. The van der Waals surface area contributed by atoms with Gasteiger partial charge in [0.25, 0.3) is 0 Å². The van der Waals surface area contributed by atoms with Crippen molar-refractivity contribution in [3.8, 4) is 0 Å². The van der Waals surface area contributed by atoms with Crippen LogP contribution in [0.15, 0.2) is 24.3 Å². The van der Waals surface area contributed by atoms with E-state index in [4.69, 9.17) is 0 Å². The fraction of sp³-hybridized carbons (Fsp3) is 0.500. The van der Waals surface area contributed by atoms with Crippen LogP contribution in [-0.2, 0) is 18.3 Å². The van der Waals surface area contributed by atoms with Crippen LogP contribution in [0.5, 0.6) is 0 Å². The van der Waals surface area contributed by atoms with Gasteiger partial charge in [0.2, 0.25) is 5.91 Å². The Morgan fingerprint density at radius 2 is 1.96 bits per heavy atom. The quantitative estimate of drug-likeness (QED) is 0.852. The van der Waals surface area contributed by atoms with Crippen LogP contribution in [0.1, 0.15) is 48.2 Å². The molecular weight excluding hydrogens is 317 g/mol. The van der Waals surface area contributed by atoms with E-state index in [1.54, 1.807) is 0 Å². The van der Waals surface area contributed by atoms with Crippen LogP contribution in [0.3, 0.4) is 0 Å². The molecule has 2 heterocycles. The second-order valence-corrected chi connectivity index (χ2v) is 7.15. The molecule has 4 nitrogen and oxygen atoms in total. The van der Waals surface area contributed by atoms with E-state index >= 15 is 0 Å². The molecule has 1 aliphatic heterocycles. The number of benzene rings is 1. The third-order valence-corrected chi connectivity index (χ3v) is 5.48. The number of rotatable bonds is 4. The van der Waals surface area contributed by atoms with Crippen molar-refractivity contribution in [2.75, 3.05) is 6.54 Å². The summed E-state index contributed by atoms with van der Waals surface area (Å²) in [5.41, 5.74) is 4.43. The summed E-state index contributed by atoms with van der Waals surface area (Å²) in [4.78, 5) is 14.7. The lowest BCUT2D eigenvalue weighted by Gasteiger charge is -2.21. The van der Waals surface area contributed by atoms with Gasteiger partial charge in [-0.2, -0.15) is 5.10 Å². The minimum Gasteiger partial charge on any atom is -0.339 e. The molecule has 5 heteroatoms. The van der Waals surface area contributed by atoms with Crippen LogP contribution in [0.25, 0.3) is 0 Å². The lowest BCUT2D eigenvalue weighted by Crippen LogP contribution is -2.34. The van der Waals surface area contributed by atoms with Gasteiger partial charge in [-0.3, -0.25) is 9.48 Å². The standard InChI is InChI=1S/C20H26FN3O/c1-13-11-17(16-5-7-18(21)8-6-16)12-24(13)20(25)10-9-19-14(2)22-23(4)15(19)3/h5-8,13,17H,9-12H2,1-4H3/t13-,17+/m1/s1. The zero-order chi connectivity index (χ0) is 18.1. The van der Waals surface area contributed by atoms with E-state index in [2.05, 4.69) is 12.0 Å². The molecule has 0 unspecified atom stereocenters. The van der Waals surface area contributed by atoms with Crippen molar-refractivity contribution in [3.05, 3.63) is 52.6 Å². The smallest absolute Gasteiger partial charge is 0.223 e. The molecule has 0 radical (unpaired) electrons. The number of halogens is 1. The summed E-state index contributed by atoms with van der Waals surface area (Å²) in [6, 6.07) is 6.89. The maximum absolute atomic E-state index is 13.1. The minimum absolute atomic E-state index is 0.194. The molecule has 1 aromatic carbocycles. The van der Waals surface area contributed by atoms with Crippen LogP contribution in [0.2, 0.25) is 0 Å². The highest BCUT2D eigenvalue weighted by Crippen LogP contribution is 2.32. The van der Waals surface area contributed by atoms with Crippen LogP contribution < -0.4 is 0 Å². The molecule has 0 aliphatic carbocycles. The molecule has 1 fully saturated rings. The van der Waals surface area contributed by atoms with Gasteiger partial charge in [-0.25, -0.2) is 4.39 Å². The number of likely N-dealkylation sites (tertiary alicyclic amines) is 1. The lowest BCUT2D eigenvalue weighted by atomic mass is 9.97. The molecule has 1 aliphatic rings. The van der Waals surface area contributed by atoms with Crippen LogP contribution in [0.4, 0.5) is 4.39 Å². The summed E-state index contributed by atoms with van der Waals surface area (Å²) in [6.45, 7) is 6.86. The average molecular weight is 343 g/mol. The Kier molecular flexibility index (Phi) is 4.93. The van der Waals surface area contributed by atoms with Crippen LogP contribution in [0, 0.1) is 19.7 Å². The van der Waals surface area contributed by atoms with E-state index in [0.717, 1.165) is 36.3 Å². The molecule has 1 amide bonds. The lowest BCUT2D eigenvalue weighted by molar-refractivity contribution is -0.131. The van der Waals surface area contributed by atoms with Gasteiger partial charge in [0.15, 0.2) is 0 Å². The van der Waals surface area contributed by atoms with Crippen LogP contribution >= 0.6 is 0 Å². The summed E-state index contributed by atoms with van der Waals surface area (Å²) in [5, 5.41) is 4.42. The van der Waals surface area contributed by atoms with E-state index < -0.39 is 0 Å². The minimum atomic E-state index is -0.218. The molecule has 0 bridgehead atoms. The highest BCUT2D eigenvalue weighted by Gasteiger charge is 2.33. The van der Waals surface area contributed by atoms with Gasteiger partial charge in [-0.1, -0.05) is 12.1 Å². The molecule has 0 spiro atoms.